The first-order chi connectivity index (χ1) is 8.74. The molecule has 4 heteroatoms. The van der Waals surface area contributed by atoms with E-state index in [2.05, 4.69) is 23.8 Å². The van der Waals surface area contributed by atoms with Gasteiger partial charge in [0.25, 0.3) is 0 Å². The van der Waals surface area contributed by atoms with Crippen LogP contribution in [-0.4, -0.2) is 23.1 Å². The summed E-state index contributed by atoms with van der Waals surface area (Å²) in [7, 11) is 0. The highest BCUT2D eigenvalue weighted by Gasteiger charge is 2.21. The van der Waals surface area contributed by atoms with Crippen LogP contribution >= 0.6 is 0 Å². The number of rotatable bonds is 5. The van der Waals surface area contributed by atoms with Crippen molar-refractivity contribution in [3.63, 3.8) is 0 Å². The van der Waals surface area contributed by atoms with Crippen molar-refractivity contribution in [3.8, 4) is 0 Å². The number of nitrogens with zero attached hydrogens (tertiary/aromatic N) is 2. The first kappa shape index (κ1) is 13.4. The van der Waals surface area contributed by atoms with Gasteiger partial charge in [-0.1, -0.05) is 6.92 Å². The maximum absolute atomic E-state index is 5.76. The lowest BCUT2D eigenvalue weighted by Gasteiger charge is -2.24. The summed E-state index contributed by atoms with van der Waals surface area (Å²) >= 11 is 0. The van der Waals surface area contributed by atoms with Crippen molar-refractivity contribution in [3.05, 3.63) is 22.8 Å². The second kappa shape index (κ2) is 6.25. The Bertz CT molecular complexity index is 406. The predicted molar refractivity (Wildman–Crippen MR) is 71.3 cm³/mol. The Morgan fingerprint density at radius 2 is 2.22 bits per heavy atom. The quantitative estimate of drug-likeness (QED) is 0.808. The zero-order chi connectivity index (χ0) is 13.0. The van der Waals surface area contributed by atoms with Gasteiger partial charge in [-0.2, -0.15) is 0 Å². The van der Waals surface area contributed by atoms with E-state index in [-0.39, 0.29) is 0 Å². The highest BCUT2D eigenvalue weighted by Crippen LogP contribution is 2.25. The van der Waals surface area contributed by atoms with Crippen LogP contribution in [0, 0.1) is 12.8 Å². The van der Waals surface area contributed by atoms with E-state index >= 15 is 0 Å². The van der Waals surface area contributed by atoms with Gasteiger partial charge in [0.2, 0.25) is 0 Å². The van der Waals surface area contributed by atoms with Gasteiger partial charge in [0, 0.05) is 18.0 Å². The van der Waals surface area contributed by atoms with Gasteiger partial charge in [0.1, 0.15) is 6.61 Å². The summed E-state index contributed by atoms with van der Waals surface area (Å²) in [4.78, 5) is 9.19. The number of nitrogens with two attached hydrogens (primary N) is 1. The molecule has 1 unspecified atom stereocenters. The number of hydrogen-bond donors (Lipinski definition) is 1. The molecule has 0 amide bonds. The minimum Gasteiger partial charge on any atom is -0.373 e. The molecule has 2 N–H and O–H groups in total. The Kier molecular flexibility index (Phi) is 4.66. The third-order valence-electron chi connectivity index (χ3n) is 3.54. The summed E-state index contributed by atoms with van der Waals surface area (Å²) in [5, 5.41) is 0. The van der Waals surface area contributed by atoms with Gasteiger partial charge in [-0.3, -0.25) is 0 Å². The van der Waals surface area contributed by atoms with Crippen molar-refractivity contribution in [1.29, 1.82) is 0 Å². The van der Waals surface area contributed by atoms with Crippen molar-refractivity contribution >= 4 is 0 Å². The maximum Gasteiger partial charge on any atom is 0.154 e. The first-order valence-electron chi connectivity index (χ1n) is 6.87. The normalized spacial score (nSPS) is 18.7. The molecule has 100 valence electrons. The van der Waals surface area contributed by atoms with E-state index in [9.17, 15) is 0 Å². The lowest BCUT2D eigenvalue weighted by atomic mass is 9.86. The molecule has 4 nitrogen and oxygen atoms in total. The first-order valence-corrected chi connectivity index (χ1v) is 6.87. The molecule has 0 bridgehead atoms. The summed E-state index contributed by atoms with van der Waals surface area (Å²) in [6.45, 7) is 6.24. The number of ether oxygens (including phenoxy) is 1. The summed E-state index contributed by atoms with van der Waals surface area (Å²) in [6, 6.07) is 0. The van der Waals surface area contributed by atoms with Gasteiger partial charge in [0.15, 0.2) is 5.82 Å². The van der Waals surface area contributed by atoms with Crippen LogP contribution in [0.4, 0.5) is 0 Å². The third kappa shape index (κ3) is 3.06. The minimum atomic E-state index is 0.530. The lowest BCUT2D eigenvalue weighted by Crippen LogP contribution is -2.24. The highest BCUT2D eigenvalue weighted by atomic mass is 16.5. The van der Waals surface area contributed by atoms with Crippen molar-refractivity contribution < 1.29 is 4.74 Å². The van der Waals surface area contributed by atoms with Crippen molar-refractivity contribution in [2.24, 2.45) is 11.7 Å². The largest absolute Gasteiger partial charge is 0.373 e. The molecule has 0 saturated heterocycles. The molecule has 1 heterocycles. The number of hydrogen-bond acceptors (Lipinski definition) is 4. The van der Waals surface area contributed by atoms with E-state index < -0.39 is 0 Å². The zero-order valence-corrected chi connectivity index (χ0v) is 11.4. The number of fused-ring (bicyclic) bond motifs is 1. The molecule has 1 aliphatic carbocycles. The van der Waals surface area contributed by atoms with Crippen molar-refractivity contribution in [1.82, 2.24) is 9.97 Å². The van der Waals surface area contributed by atoms with E-state index in [0.717, 1.165) is 50.4 Å². The molecule has 18 heavy (non-hydrogen) atoms. The van der Waals surface area contributed by atoms with Gasteiger partial charge in [-0.15, -0.1) is 0 Å². The fourth-order valence-corrected chi connectivity index (χ4v) is 2.50. The topological polar surface area (TPSA) is 61.0 Å². The smallest absolute Gasteiger partial charge is 0.154 e. The summed E-state index contributed by atoms with van der Waals surface area (Å²) in [5.41, 5.74) is 9.39. The molecule has 0 saturated carbocycles. The van der Waals surface area contributed by atoms with E-state index in [1.54, 1.807) is 0 Å². The second-order valence-corrected chi connectivity index (χ2v) is 5.05. The Hall–Kier alpha value is -1.00. The molecule has 0 fully saturated rings. The van der Waals surface area contributed by atoms with Gasteiger partial charge >= 0.3 is 0 Å². The van der Waals surface area contributed by atoms with Crippen LogP contribution in [0.1, 0.15) is 42.5 Å². The second-order valence-electron chi connectivity index (χ2n) is 5.05. The molecule has 0 aliphatic heterocycles. The third-order valence-corrected chi connectivity index (χ3v) is 3.54. The average Bonchev–Trinajstić information content (AvgIpc) is 2.39. The molecule has 1 atom stereocenters. The fraction of sp³-hybridized carbons (Fsp3) is 0.714. The van der Waals surface area contributed by atoms with Crippen LogP contribution in [-0.2, 0) is 24.2 Å². The molecular formula is C14H23N3O. The fourth-order valence-electron chi connectivity index (χ4n) is 2.50. The summed E-state index contributed by atoms with van der Waals surface area (Å²) in [6.07, 6.45) is 4.24. The van der Waals surface area contributed by atoms with E-state index in [4.69, 9.17) is 10.5 Å². The molecule has 1 aromatic heterocycles. The zero-order valence-electron chi connectivity index (χ0n) is 11.4. The van der Waals surface area contributed by atoms with Crippen LogP contribution in [0.3, 0.4) is 0 Å². The summed E-state index contributed by atoms with van der Waals surface area (Å²) < 4.78 is 5.51. The molecule has 1 aromatic rings. The molecular weight excluding hydrogens is 226 g/mol. The van der Waals surface area contributed by atoms with E-state index in [1.807, 2.05) is 0 Å². The predicted octanol–water partition coefficient (Wildman–Crippen LogP) is 1.78. The number of aryl methyl sites for hydroxylation is 2. The van der Waals surface area contributed by atoms with Gasteiger partial charge in [-0.05, 0) is 50.6 Å². The molecule has 0 spiro atoms. The van der Waals surface area contributed by atoms with Crippen LogP contribution < -0.4 is 5.73 Å². The standard InChI is InChI=1S/C14H23N3O/c1-3-6-18-9-14-16-10(2)12-7-11(8-15)4-5-13(12)17-14/h11H,3-9,15H2,1-2H3. The Morgan fingerprint density at radius 1 is 1.39 bits per heavy atom. The Balaban J connectivity index is 2.11. The minimum absolute atomic E-state index is 0.530. The van der Waals surface area contributed by atoms with Crippen LogP contribution in [0.15, 0.2) is 0 Å². The molecule has 2 rings (SSSR count). The van der Waals surface area contributed by atoms with Crippen LogP contribution in [0.5, 0.6) is 0 Å². The number of aromatic nitrogens is 2. The monoisotopic (exact) mass is 249 g/mol. The van der Waals surface area contributed by atoms with Crippen molar-refractivity contribution in [2.45, 2.75) is 46.1 Å². The average molecular weight is 249 g/mol. The molecule has 0 aromatic carbocycles. The summed E-state index contributed by atoms with van der Waals surface area (Å²) in [5.74, 6) is 1.42. The molecule has 1 aliphatic rings. The highest BCUT2D eigenvalue weighted by molar-refractivity contribution is 5.28. The lowest BCUT2D eigenvalue weighted by molar-refractivity contribution is 0.115. The van der Waals surface area contributed by atoms with Crippen LogP contribution in [0.2, 0.25) is 0 Å². The van der Waals surface area contributed by atoms with Crippen LogP contribution in [0.25, 0.3) is 0 Å². The van der Waals surface area contributed by atoms with E-state index in [0.29, 0.717) is 12.5 Å². The SMILES string of the molecule is CCCOCc1nc(C)c2c(n1)CCC(CN)C2. The Morgan fingerprint density at radius 3 is 2.94 bits per heavy atom. The molecule has 0 radical (unpaired) electrons. The Labute approximate surface area is 109 Å². The van der Waals surface area contributed by atoms with Gasteiger partial charge in [-0.25, -0.2) is 9.97 Å². The van der Waals surface area contributed by atoms with Gasteiger partial charge < -0.3 is 10.5 Å². The van der Waals surface area contributed by atoms with E-state index in [1.165, 1.54) is 11.3 Å². The van der Waals surface area contributed by atoms with Crippen molar-refractivity contribution in [2.75, 3.05) is 13.2 Å². The van der Waals surface area contributed by atoms with Gasteiger partial charge in [0.05, 0.1) is 0 Å². The maximum atomic E-state index is 5.76.